The Morgan fingerprint density at radius 3 is 2.32 bits per heavy atom. The number of anilines is 1. The van der Waals surface area contributed by atoms with E-state index in [1.165, 1.54) is 20.3 Å². The van der Waals surface area contributed by atoms with Crippen molar-refractivity contribution in [1.29, 1.82) is 0 Å². The van der Waals surface area contributed by atoms with Crippen LogP contribution in [0.1, 0.15) is 11.1 Å². The summed E-state index contributed by atoms with van der Waals surface area (Å²) in [7, 11) is 4.59. The van der Waals surface area contributed by atoms with Gasteiger partial charge in [-0.25, -0.2) is 0 Å². The van der Waals surface area contributed by atoms with Crippen molar-refractivity contribution in [1.82, 2.24) is 0 Å². The number of methoxy groups -OCH3 is 3. The summed E-state index contributed by atoms with van der Waals surface area (Å²) < 4.78 is 15.7. The number of carbonyl (C=O) groups is 1. The zero-order valence-electron chi connectivity index (χ0n) is 14.6. The van der Waals surface area contributed by atoms with Crippen LogP contribution in [0.3, 0.4) is 0 Å². The third-order valence-corrected chi connectivity index (χ3v) is 3.83. The van der Waals surface area contributed by atoms with Crippen LogP contribution in [-0.2, 0) is 4.79 Å². The summed E-state index contributed by atoms with van der Waals surface area (Å²) in [5.74, 6) is 1.27. The standard InChI is InChI=1S/C19H20ClNO4/c1-12-5-7-16(23-2)13(9-12)6-8-19(22)21-15-11-17(24-3)14(20)10-18(15)25-4/h5-11H,1-4H3,(H,21,22)/b8-6+. The van der Waals surface area contributed by atoms with Gasteiger partial charge in [-0.2, -0.15) is 0 Å². The van der Waals surface area contributed by atoms with Crippen LogP contribution in [0.2, 0.25) is 5.02 Å². The zero-order valence-corrected chi connectivity index (χ0v) is 15.3. The molecule has 25 heavy (non-hydrogen) atoms. The number of halogens is 1. The molecule has 0 aliphatic rings. The van der Waals surface area contributed by atoms with Crippen molar-refractivity contribution in [2.75, 3.05) is 26.6 Å². The molecule has 0 fully saturated rings. The largest absolute Gasteiger partial charge is 0.496 e. The van der Waals surface area contributed by atoms with Crippen molar-refractivity contribution in [3.05, 3.63) is 52.6 Å². The van der Waals surface area contributed by atoms with Crippen LogP contribution in [-0.4, -0.2) is 27.2 Å². The quantitative estimate of drug-likeness (QED) is 0.778. The first kappa shape index (κ1) is 18.7. The van der Waals surface area contributed by atoms with Gasteiger partial charge in [0.2, 0.25) is 5.91 Å². The number of benzene rings is 2. The molecule has 0 aromatic heterocycles. The molecule has 0 heterocycles. The zero-order chi connectivity index (χ0) is 18.4. The second-order valence-corrected chi connectivity index (χ2v) is 5.66. The number of carbonyl (C=O) groups excluding carboxylic acids is 1. The number of rotatable bonds is 6. The fourth-order valence-corrected chi connectivity index (χ4v) is 2.51. The summed E-state index contributed by atoms with van der Waals surface area (Å²) in [5.41, 5.74) is 2.36. The summed E-state index contributed by atoms with van der Waals surface area (Å²) in [6.07, 6.45) is 3.12. The first-order valence-corrected chi connectivity index (χ1v) is 7.91. The Labute approximate surface area is 152 Å². The SMILES string of the molecule is COc1cc(NC(=O)/C=C/c2cc(C)ccc2OC)c(OC)cc1Cl. The highest BCUT2D eigenvalue weighted by Gasteiger charge is 2.11. The van der Waals surface area contributed by atoms with Crippen molar-refractivity contribution in [2.45, 2.75) is 6.92 Å². The predicted octanol–water partition coefficient (Wildman–Crippen LogP) is 4.33. The van der Waals surface area contributed by atoms with Crippen LogP contribution in [0.15, 0.2) is 36.4 Å². The highest BCUT2D eigenvalue weighted by Crippen LogP contribution is 2.35. The van der Waals surface area contributed by atoms with Gasteiger partial charge >= 0.3 is 0 Å². The van der Waals surface area contributed by atoms with Crippen molar-refractivity contribution >= 4 is 29.3 Å². The minimum Gasteiger partial charge on any atom is -0.496 e. The normalized spacial score (nSPS) is 10.6. The molecule has 5 nitrogen and oxygen atoms in total. The van der Waals surface area contributed by atoms with E-state index in [-0.39, 0.29) is 5.91 Å². The van der Waals surface area contributed by atoms with Gasteiger partial charge in [-0.3, -0.25) is 4.79 Å². The molecule has 2 rings (SSSR count). The average molecular weight is 362 g/mol. The number of ether oxygens (including phenoxy) is 3. The Balaban J connectivity index is 2.22. The minimum atomic E-state index is -0.314. The van der Waals surface area contributed by atoms with Crippen LogP contribution in [0, 0.1) is 6.92 Å². The third kappa shape index (κ3) is 4.67. The molecule has 0 spiro atoms. The average Bonchev–Trinajstić information content (AvgIpc) is 2.61. The van der Waals surface area contributed by atoms with E-state index in [4.69, 9.17) is 25.8 Å². The molecule has 0 saturated heterocycles. The van der Waals surface area contributed by atoms with Gasteiger partial charge in [0, 0.05) is 23.8 Å². The van der Waals surface area contributed by atoms with Crippen molar-refractivity contribution < 1.29 is 19.0 Å². The molecule has 0 unspecified atom stereocenters. The highest BCUT2D eigenvalue weighted by atomic mass is 35.5. The van der Waals surface area contributed by atoms with Gasteiger partial charge < -0.3 is 19.5 Å². The van der Waals surface area contributed by atoms with Gasteiger partial charge in [0.25, 0.3) is 0 Å². The summed E-state index contributed by atoms with van der Waals surface area (Å²) in [6.45, 7) is 1.97. The topological polar surface area (TPSA) is 56.8 Å². The molecule has 0 aliphatic carbocycles. The number of amides is 1. The molecule has 0 aliphatic heterocycles. The van der Waals surface area contributed by atoms with Crippen LogP contribution >= 0.6 is 11.6 Å². The van der Waals surface area contributed by atoms with E-state index in [0.717, 1.165) is 11.1 Å². The third-order valence-electron chi connectivity index (χ3n) is 3.53. The van der Waals surface area contributed by atoms with E-state index >= 15 is 0 Å². The smallest absolute Gasteiger partial charge is 0.248 e. The molecule has 1 amide bonds. The molecular weight excluding hydrogens is 342 g/mol. The maximum Gasteiger partial charge on any atom is 0.248 e. The number of hydrogen-bond donors (Lipinski definition) is 1. The molecule has 2 aromatic carbocycles. The van der Waals surface area contributed by atoms with Crippen LogP contribution in [0.25, 0.3) is 6.08 Å². The molecule has 0 bridgehead atoms. The number of aryl methyl sites for hydroxylation is 1. The van der Waals surface area contributed by atoms with E-state index in [9.17, 15) is 4.79 Å². The summed E-state index contributed by atoms with van der Waals surface area (Å²) in [6, 6.07) is 8.94. The Morgan fingerprint density at radius 1 is 1.00 bits per heavy atom. The summed E-state index contributed by atoms with van der Waals surface area (Å²) in [5, 5.41) is 3.16. The van der Waals surface area contributed by atoms with E-state index < -0.39 is 0 Å². The van der Waals surface area contributed by atoms with E-state index in [2.05, 4.69) is 5.32 Å². The second kappa shape index (κ2) is 8.44. The lowest BCUT2D eigenvalue weighted by Gasteiger charge is -2.12. The fourth-order valence-electron chi connectivity index (χ4n) is 2.28. The Morgan fingerprint density at radius 2 is 1.68 bits per heavy atom. The molecule has 0 saturated carbocycles. The second-order valence-electron chi connectivity index (χ2n) is 5.26. The molecule has 1 N–H and O–H groups in total. The number of nitrogens with one attached hydrogen (secondary N) is 1. The monoisotopic (exact) mass is 361 g/mol. The lowest BCUT2D eigenvalue weighted by atomic mass is 10.1. The van der Waals surface area contributed by atoms with Gasteiger partial charge in [0.1, 0.15) is 17.2 Å². The molecule has 2 aromatic rings. The van der Waals surface area contributed by atoms with E-state index in [1.54, 1.807) is 25.3 Å². The Kier molecular flexibility index (Phi) is 6.31. The van der Waals surface area contributed by atoms with Crippen LogP contribution in [0.5, 0.6) is 17.2 Å². The van der Waals surface area contributed by atoms with Crippen molar-refractivity contribution in [3.8, 4) is 17.2 Å². The lowest BCUT2D eigenvalue weighted by molar-refractivity contribution is -0.111. The Bertz CT molecular complexity index is 802. The predicted molar refractivity (Wildman–Crippen MR) is 100.0 cm³/mol. The molecule has 0 radical (unpaired) electrons. The van der Waals surface area contributed by atoms with Crippen molar-refractivity contribution in [3.63, 3.8) is 0 Å². The molecular formula is C19H20ClNO4. The van der Waals surface area contributed by atoms with Crippen molar-refractivity contribution in [2.24, 2.45) is 0 Å². The Hall–Kier alpha value is -2.66. The highest BCUT2D eigenvalue weighted by molar-refractivity contribution is 6.32. The fraction of sp³-hybridized carbons (Fsp3) is 0.211. The minimum absolute atomic E-state index is 0.314. The molecule has 132 valence electrons. The first-order valence-electron chi connectivity index (χ1n) is 7.53. The summed E-state index contributed by atoms with van der Waals surface area (Å²) >= 11 is 6.06. The summed E-state index contributed by atoms with van der Waals surface area (Å²) in [4.78, 5) is 12.3. The van der Waals surface area contributed by atoms with Gasteiger partial charge in [-0.05, 0) is 25.1 Å². The maximum absolute atomic E-state index is 12.3. The van der Waals surface area contributed by atoms with Crippen LogP contribution < -0.4 is 19.5 Å². The van der Waals surface area contributed by atoms with Gasteiger partial charge in [-0.1, -0.05) is 23.2 Å². The van der Waals surface area contributed by atoms with Crippen LogP contribution in [0.4, 0.5) is 5.69 Å². The molecule has 0 atom stereocenters. The first-order chi connectivity index (χ1) is 12.0. The number of hydrogen-bond acceptors (Lipinski definition) is 4. The van der Waals surface area contributed by atoms with Gasteiger partial charge in [0.15, 0.2) is 0 Å². The maximum atomic E-state index is 12.3. The van der Waals surface area contributed by atoms with Gasteiger partial charge in [-0.15, -0.1) is 0 Å². The molecule has 6 heteroatoms. The lowest BCUT2D eigenvalue weighted by Crippen LogP contribution is -2.09. The van der Waals surface area contributed by atoms with E-state index in [1.807, 2.05) is 25.1 Å². The van der Waals surface area contributed by atoms with E-state index in [0.29, 0.717) is 28.0 Å². The van der Waals surface area contributed by atoms with Gasteiger partial charge in [0.05, 0.1) is 32.0 Å².